The molecule has 0 saturated heterocycles. The molecule has 19 heavy (non-hydrogen) atoms. The Morgan fingerprint density at radius 2 is 1.95 bits per heavy atom. The van der Waals surface area contributed by atoms with Crippen LogP contribution in [0.3, 0.4) is 0 Å². The van der Waals surface area contributed by atoms with Gasteiger partial charge in [0, 0.05) is 6.54 Å². The van der Waals surface area contributed by atoms with Crippen LogP contribution in [0.2, 0.25) is 0 Å². The summed E-state index contributed by atoms with van der Waals surface area (Å²) in [6.45, 7) is 1.90. The van der Waals surface area contributed by atoms with Gasteiger partial charge >= 0.3 is 0 Å². The van der Waals surface area contributed by atoms with Crippen molar-refractivity contribution in [3.63, 3.8) is 0 Å². The molecule has 1 aromatic rings. The van der Waals surface area contributed by atoms with Gasteiger partial charge in [-0.15, -0.1) is 0 Å². The quantitative estimate of drug-likeness (QED) is 0.776. The number of nitriles is 1. The highest BCUT2D eigenvalue weighted by Gasteiger charge is 2.14. The molecule has 6 nitrogen and oxygen atoms in total. The number of amides is 1. The van der Waals surface area contributed by atoms with Gasteiger partial charge < -0.3 is 5.32 Å². The van der Waals surface area contributed by atoms with Crippen molar-refractivity contribution in [2.75, 3.05) is 13.1 Å². The number of benzene rings is 1. The number of carbonyl (C=O) groups excluding carboxylic acids is 1. The van der Waals surface area contributed by atoms with E-state index in [-0.39, 0.29) is 23.8 Å². The summed E-state index contributed by atoms with van der Waals surface area (Å²) in [5.74, 6) is -0.382. The van der Waals surface area contributed by atoms with Crippen LogP contribution in [0.15, 0.2) is 29.2 Å². The monoisotopic (exact) mass is 281 g/mol. The molecule has 102 valence electrons. The molecular formula is C12H15N3O3S. The molecule has 0 aromatic heterocycles. The van der Waals surface area contributed by atoms with Gasteiger partial charge in [0.15, 0.2) is 0 Å². The number of hydrogen-bond acceptors (Lipinski definition) is 4. The van der Waals surface area contributed by atoms with E-state index in [4.69, 9.17) is 5.26 Å². The highest BCUT2D eigenvalue weighted by molar-refractivity contribution is 7.89. The van der Waals surface area contributed by atoms with Gasteiger partial charge in [0.2, 0.25) is 15.9 Å². The van der Waals surface area contributed by atoms with Crippen molar-refractivity contribution in [3.8, 4) is 6.07 Å². The summed E-state index contributed by atoms with van der Waals surface area (Å²) in [5, 5.41) is 11.0. The molecule has 1 rings (SSSR count). The van der Waals surface area contributed by atoms with E-state index < -0.39 is 10.0 Å². The van der Waals surface area contributed by atoms with Gasteiger partial charge in [-0.25, -0.2) is 13.1 Å². The molecule has 0 saturated carbocycles. The summed E-state index contributed by atoms with van der Waals surface area (Å²) in [6.07, 6.45) is 0.229. The first kappa shape index (κ1) is 15.1. The van der Waals surface area contributed by atoms with E-state index in [1.54, 1.807) is 19.1 Å². The summed E-state index contributed by atoms with van der Waals surface area (Å²) in [4.78, 5) is 11.3. The Bertz CT molecular complexity index is 573. The number of rotatable bonds is 6. The Balaban J connectivity index is 2.72. The molecule has 0 aliphatic rings. The molecule has 0 spiro atoms. The minimum atomic E-state index is -3.70. The number of sulfonamides is 1. The molecule has 1 aromatic carbocycles. The topological polar surface area (TPSA) is 99.1 Å². The van der Waals surface area contributed by atoms with Crippen molar-refractivity contribution < 1.29 is 13.2 Å². The van der Waals surface area contributed by atoms with E-state index in [9.17, 15) is 13.2 Å². The number of hydrogen-bond donors (Lipinski definition) is 2. The minimum Gasteiger partial charge on any atom is -0.355 e. The van der Waals surface area contributed by atoms with Crippen molar-refractivity contribution in [2.24, 2.45) is 0 Å². The maximum atomic E-state index is 11.9. The van der Waals surface area contributed by atoms with Gasteiger partial charge in [-0.2, -0.15) is 5.26 Å². The fraction of sp³-hybridized carbons (Fsp3) is 0.333. The van der Waals surface area contributed by atoms with Crippen LogP contribution >= 0.6 is 0 Å². The normalized spacial score (nSPS) is 10.7. The fourth-order valence-corrected chi connectivity index (χ4v) is 2.36. The number of nitrogens with one attached hydrogen (secondary N) is 2. The van der Waals surface area contributed by atoms with Crippen molar-refractivity contribution in [3.05, 3.63) is 29.8 Å². The average molecular weight is 281 g/mol. The molecule has 0 atom stereocenters. The first-order valence-electron chi connectivity index (χ1n) is 5.72. The zero-order valence-corrected chi connectivity index (χ0v) is 11.3. The summed E-state index contributed by atoms with van der Waals surface area (Å²) >= 11 is 0. The molecule has 1 amide bonds. The highest BCUT2D eigenvalue weighted by atomic mass is 32.2. The van der Waals surface area contributed by atoms with Gasteiger partial charge in [0.05, 0.1) is 23.9 Å². The first-order chi connectivity index (χ1) is 8.99. The van der Waals surface area contributed by atoms with E-state index in [0.717, 1.165) is 5.56 Å². The Labute approximate surface area is 112 Å². The van der Waals surface area contributed by atoms with Crippen LogP contribution in [0.4, 0.5) is 0 Å². The SMILES string of the molecule is CCNC(=O)CNS(=O)(=O)c1ccc(CC#N)cc1. The van der Waals surface area contributed by atoms with E-state index >= 15 is 0 Å². The average Bonchev–Trinajstić information content (AvgIpc) is 2.38. The molecule has 0 heterocycles. The molecule has 0 radical (unpaired) electrons. The second-order valence-electron chi connectivity index (χ2n) is 3.76. The predicted molar refractivity (Wildman–Crippen MR) is 69.6 cm³/mol. The van der Waals surface area contributed by atoms with Crippen LogP contribution in [-0.4, -0.2) is 27.4 Å². The van der Waals surface area contributed by atoms with Crippen LogP contribution < -0.4 is 10.0 Å². The molecule has 0 bridgehead atoms. The number of nitrogens with zero attached hydrogens (tertiary/aromatic N) is 1. The third kappa shape index (κ3) is 4.69. The lowest BCUT2D eigenvalue weighted by Crippen LogP contribution is -2.36. The smallest absolute Gasteiger partial charge is 0.241 e. The molecule has 0 fully saturated rings. The molecule has 0 aliphatic carbocycles. The summed E-state index contributed by atoms with van der Waals surface area (Å²) in [5.41, 5.74) is 0.741. The lowest BCUT2D eigenvalue weighted by Gasteiger charge is -2.07. The molecule has 2 N–H and O–H groups in total. The predicted octanol–water partition coefficient (Wildman–Crippen LogP) is 0.167. The van der Waals surface area contributed by atoms with Crippen molar-refractivity contribution in [1.82, 2.24) is 10.0 Å². The fourth-order valence-electron chi connectivity index (χ4n) is 1.38. The van der Waals surface area contributed by atoms with Crippen LogP contribution in [0.1, 0.15) is 12.5 Å². The van der Waals surface area contributed by atoms with Crippen molar-refractivity contribution >= 4 is 15.9 Å². The summed E-state index contributed by atoms with van der Waals surface area (Å²) in [7, 11) is -3.70. The minimum absolute atomic E-state index is 0.0680. The van der Waals surface area contributed by atoms with E-state index in [0.29, 0.717) is 6.54 Å². The third-order valence-electron chi connectivity index (χ3n) is 2.31. The Hall–Kier alpha value is -1.91. The zero-order valence-electron chi connectivity index (χ0n) is 10.5. The maximum Gasteiger partial charge on any atom is 0.241 e. The van der Waals surface area contributed by atoms with Crippen LogP contribution in [0, 0.1) is 11.3 Å². The molecule has 7 heteroatoms. The van der Waals surface area contributed by atoms with Gasteiger partial charge in [-0.05, 0) is 24.6 Å². The van der Waals surface area contributed by atoms with E-state index in [1.165, 1.54) is 12.1 Å². The highest BCUT2D eigenvalue weighted by Crippen LogP contribution is 2.10. The lowest BCUT2D eigenvalue weighted by atomic mass is 10.2. The molecule has 0 aliphatic heterocycles. The van der Waals surface area contributed by atoms with Crippen molar-refractivity contribution in [2.45, 2.75) is 18.2 Å². The van der Waals surface area contributed by atoms with Gasteiger partial charge in [-0.1, -0.05) is 12.1 Å². The van der Waals surface area contributed by atoms with E-state index in [2.05, 4.69) is 10.0 Å². The second kappa shape index (κ2) is 6.87. The third-order valence-corrected chi connectivity index (χ3v) is 3.73. The Morgan fingerprint density at radius 3 is 2.47 bits per heavy atom. The second-order valence-corrected chi connectivity index (χ2v) is 5.52. The summed E-state index contributed by atoms with van der Waals surface area (Å²) in [6, 6.07) is 7.94. The number of likely N-dealkylation sites (N-methyl/N-ethyl adjacent to an activating group) is 1. The Kier molecular flexibility index (Phi) is 5.48. The van der Waals surface area contributed by atoms with Crippen molar-refractivity contribution in [1.29, 1.82) is 5.26 Å². The largest absolute Gasteiger partial charge is 0.355 e. The Morgan fingerprint density at radius 1 is 1.32 bits per heavy atom. The van der Waals surface area contributed by atoms with Gasteiger partial charge in [0.25, 0.3) is 0 Å². The summed E-state index contributed by atoms with van der Waals surface area (Å²) < 4.78 is 25.9. The van der Waals surface area contributed by atoms with Crippen LogP contribution in [-0.2, 0) is 21.2 Å². The van der Waals surface area contributed by atoms with Gasteiger partial charge in [-0.3, -0.25) is 4.79 Å². The zero-order chi connectivity index (χ0) is 14.3. The van der Waals surface area contributed by atoms with Crippen LogP contribution in [0.5, 0.6) is 0 Å². The molecule has 0 unspecified atom stereocenters. The van der Waals surface area contributed by atoms with Gasteiger partial charge in [0.1, 0.15) is 0 Å². The first-order valence-corrected chi connectivity index (χ1v) is 7.20. The van der Waals surface area contributed by atoms with E-state index in [1.807, 2.05) is 6.07 Å². The molecular weight excluding hydrogens is 266 g/mol. The van der Waals surface area contributed by atoms with Crippen LogP contribution in [0.25, 0.3) is 0 Å². The maximum absolute atomic E-state index is 11.9. The lowest BCUT2D eigenvalue weighted by molar-refractivity contribution is -0.119. The number of carbonyl (C=O) groups is 1. The standard InChI is InChI=1S/C12H15N3O3S/c1-2-14-12(16)9-15-19(17,18)11-5-3-10(4-6-11)7-8-13/h3-6,15H,2,7,9H2,1H3,(H,14,16).